The summed E-state index contributed by atoms with van der Waals surface area (Å²) in [5, 5.41) is 10.3. The van der Waals surface area contributed by atoms with E-state index in [4.69, 9.17) is 9.15 Å². The molecular formula is C15H18N4O6S2. The number of ether oxygens (including phenoxy) is 1. The number of thioether (sulfide) groups is 1. The molecule has 12 heteroatoms. The molecule has 1 aromatic carbocycles. The van der Waals surface area contributed by atoms with E-state index in [0.717, 1.165) is 18.0 Å². The molecule has 146 valence electrons. The Bertz CT molecular complexity index is 895. The highest BCUT2D eigenvalue weighted by Crippen LogP contribution is 2.24. The van der Waals surface area contributed by atoms with Crippen LogP contribution in [0.3, 0.4) is 0 Å². The van der Waals surface area contributed by atoms with Crippen molar-refractivity contribution in [3.63, 3.8) is 0 Å². The van der Waals surface area contributed by atoms with Gasteiger partial charge in [0.1, 0.15) is 6.54 Å². The first kappa shape index (κ1) is 20.7. The lowest BCUT2D eigenvalue weighted by Gasteiger charge is -2.03. The lowest BCUT2D eigenvalue weighted by Crippen LogP contribution is -2.31. The monoisotopic (exact) mass is 414 g/mol. The topological polar surface area (TPSA) is 140 Å². The van der Waals surface area contributed by atoms with Crippen LogP contribution in [0.5, 0.6) is 0 Å². The van der Waals surface area contributed by atoms with E-state index in [1.807, 2.05) is 0 Å². The number of carbonyl (C=O) groups is 2. The van der Waals surface area contributed by atoms with Crippen LogP contribution in [0.4, 0.5) is 5.69 Å². The van der Waals surface area contributed by atoms with Crippen molar-refractivity contribution in [1.29, 1.82) is 0 Å². The van der Waals surface area contributed by atoms with Crippen LogP contribution in [-0.2, 0) is 24.3 Å². The fraction of sp³-hybridized carbons (Fsp3) is 0.333. The van der Waals surface area contributed by atoms with Gasteiger partial charge in [0.15, 0.2) is 0 Å². The van der Waals surface area contributed by atoms with Gasteiger partial charge in [0.25, 0.3) is 5.22 Å². The number of aromatic nitrogens is 2. The number of esters is 1. The smallest absolute Gasteiger partial charge is 0.325 e. The van der Waals surface area contributed by atoms with E-state index in [9.17, 15) is 18.0 Å². The molecule has 2 rings (SSSR count). The zero-order chi connectivity index (χ0) is 19.9. The number of rotatable bonds is 9. The van der Waals surface area contributed by atoms with Gasteiger partial charge in [0.05, 0.1) is 18.6 Å². The molecule has 0 aliphatic heterocycles. The van der Waals surface area contributed by atoms with Crippen LogP contribution in [0.25, 0.3) is 11.5 Å². The maximum absolute atomic E-state index is 11.7. The Labute approximate surface area is 160 Å². The van der Waals surface area contributed by atoms with Crippen LogP contribution in [0.15, 0.2) is 33.9 Å². The molecule has 2 aromatic rings. The first-order valence-electron chi connectivity index (χ1n) is 7.73. The van der Waals surface area contributed by atoms with Crippen molar-refractivity contribution in [3.8, 4) is 11.5 Å². The molecule has 0 spiro atoms. The minimum atomic E-state index is -3.35. The number of hydrogen-bond acceptors (Lipinski definition) is 9. The summed E-state index contributed by atoms with van der Waals surface area (Å²) in [6, 6.07) is 6.38. The van der Waals surface area contributed by atoms with Gasteiger partial charge in [-0.05, 0) is 31.2 Å². The average Bonchev–Trinajstić information content (AvgIpc) is 3.07. The van der Waals surface area contributed by atoms with Gasteiger partial charge in [-0.2, -0.15) is 0 Å². The summed E-state index contributed by atoms with van der Waals surface area (Å²) in [7, 11) is -3.35. The average molecular weight is 414 g/mol. The van der Waals surface area contributed by atoms with Crippen molar-refractivity contribution in [2.24, 2.45) is 0 Å². The van der Waals surface area contributed by atoms with Crippen LogP contribution in [0, 0.1) is 0 Å². The summed E-state index contributed by atoms with van der Waals surface area (Å²) in [5.74, 6) is -0.651. The SMILES string of the molecule is CCOC(=O)CNC(=O)CSc1nnc(-c2ccc(NS(C)(=O)=O)cc2)o1. The van der Waals surface area contributed by atoms with Crippen LogP contribution in [-0.4, -0.2) is 55.7 Å². The number of sulfonamides is 1. The number of hydrogen-bond donors (Lipinski definition) is 2. The molecule has 2 N–H and O–H groups in total. The Hall–Kier alpha value is -2.60. The first-order valence-corrected chi connectivity index (χ1v) is 10.6. The maximum atomic E-state index is 11.7. The molecule has 0 atom stereocenters. The summed E-state index contributed by atoms with van der Waals surface area (Å²) in [5.41, 5.74) is 1.01. The number of nitrogens with zero attached hydrogens (tertiary/aromatic N) is 2. The largest absolute Gasteiger partial charge is 0.465 e. The fourth-order valence-corrected chi connectivity index (χ4v) is 3.00. The van der Waals surface area contributed by atoms with Gasteiger partial charge in [-0.15, -0.1) is 10.2 Å². The number of benzene rings is 1. The molecule has 0 fully saturated rings. The van der Waals surface area contributed by atoms with E-state index in [2.05, 4.69) is 20.2 Å². The van der Waals surface area contributed by atoms with Gasteiger partial charge in [-0.25, -0.2) is 8.42 Å². The molecule has 1 amide bonds. The normalized spacial score (nSPS) is 11.0. The molecule has 0 aliphatic carbocycles. The lowest BCUT2D eigenvalue weighted by molar-refractivity contribution is -0.143. The summed E-state index contributed by atoms with van der Waals surface area (Å²) < 4.78 is 34.9. The molecule has 0 saturated carbocycles. The zero-order valence-corrected chi connectivity index (χ0v) is 16.2. The first-order chi connectivity index (χ1) is 12.8. The minimum absolute atomic E-state index is 0.00173. The zero-order valence-electron chi connectivity index (χ0n) is 14.6. The molecule has 1 heterocycles. The third kappa shape index (κ3) is 7.27. The van der Waals surface area contributed by atoms with Gasteiger partial charge in [0, 0.05) is 11.3 Å². The molecule has 0 aliphatic rings. The second-order valence-corrected chi connectivity index (χ2v) is 7.87. The second kappa shape index (κ2) is 9.37. The van der Waals surface area contributed by atoms with Crippen LogP contribution in [0.2, 0.25) is 0 Å². The van der Waals surface area contributed by atoms with E-state index >= 15 is 0 Å². The highest BCUT2D eigenvalue weighted by atomic mass is 32.2. The fourth-order valence-electron chi connectivity index (χ4n) is 1.84. The number of nitrogens with one attached hydrogen (secondary N) is 2. The predicted octanol–water partition coefficient (Wildman–Crippen LogP) is 0.879. The van der Waals surface area contributed by atoms with Crippen molar-refractivity contribution < 1.29 is 27.2 Å². The summed E-state index contributed by atoms with van der Waals surface area (Å²) >= 11 is 1.02. The van der Waals surface area contributed by atoms with Gasteiger partial charge >= 0.3 is 5.97 Å². The lowest BCUT2D eigenvalue weighted by atomic mass is 10.2. The van der Waals surface area contributed by atoms with E-state index in [-0.39, 0.29) is 35.9 Å². The van der Waals surface area contributed by atoms with Gasteiger partial charge in [-0.3, -0.25) is 14.3 Å². The third-order valence-electron chi connectivity index (χ3n) is 2.90. The Balaban J connectivity index is 1.87. The Kier molecular flexibility index (Phi) is 7.19. The maximum Gasteiger partial charge on any atom is 0.325 e. The minimum Gasteiger partial charge on any atom is -0.465 e. The van der Waals surface area contributed by atoms with Crippen molar-refractivity contribution in [3.05, 3.63) is 24.3 Å². The van der Waals surface area contributed by atoms with E-state index in [0.29, 0.717) is 11.3 Å². The molecule has 27 heavy (non-hydrogen) atoms. The highest BCUT2D eigenvalue weighted by molar-refractivity contribution is 7.99. The number of anilines is 1. The second-order valence-electron chi connectivity index (χ2n) is 5.20. The van der Waals surface area contributed by atoms with Gasteiger partial charge < -0.3 is 14.5 Å². The van der Waals surface area contributed by atoms with Crippen LogP contribution < -0.4 is 10.0 Å². The molecule has 10 nitrogen and oxygen atoms in total. The standard InChI is InChI=1S/C15H18N4O6S2/c1-3-24-13(21)8-16-12(20)9-26-15-18-17-14(25-15)10-4-6-11(7-5-10)19-27(2,22)23/h4-7,19H,3,8-9H2,1-2H3,(H,16,20). The number of amides is 1. The molecule has 0 bridgehead atoms. The van der Waals surface area contributed by atoms with E-state index in [1.165, 1.54) is 0 Å². The quantitative estimate of drug-likeness (QED) is 0.452. The summed E-state index contributed by atoms with van der Waals surface area (Å²) in [4.78, 5) is 22.8. The van der Waals surface area contributed by atoms with Crippen molar-refractivity contribution >= 4 is 39.3 Å². The van der Waals surface area contributed by atoms with Crippen LogP contribution in [0.1, 0.15) is 6.92 Å². The van der Waals surface area contributed by atoms with Crippen molar-refractivity contribution in [2.75, 3.05) is 29.9 Å². The van der Waals surface area contributed by atoms with Gasteiger partial charge in [0.2, 0.25) is 21.8 Å². The summed E-state index contributed by atoms with van der Waals surface area (Å²) in [6.45, 7) is 1.73. The third-order valence-corrected chi connectivity index (χ3v) is 4.33. The highest BCUT2D eigenvalue weighted by Gasteiger charge is 2.12. The van der Waals surface area contributed by atoms with Crippen molar-refractivity contribution in [2.45, 2.75) is 12.1 Å². The van der Waals surface area contributed by atoms with Crippen molar-refractivity contribution in [1.82, 2.24) is 15.5 Å². The molecule has 0 saturated heterocycles. The Morgan fingerprint density at radius 1 is 1.22 bits per heavy atom. The summed E-state index contributed by atoms with van der Waals surface area (Å²) in [6.07, 6.45) is 1.06. The predicted molar refractivity (Wildman–Crippen MR) is 98.6 cm³/mol. The van der Waals surface area contributed by atoms with Crippen LogP contribution >= 0.6 is 11.8 Å². The molecule has 0 radical (unpaired) electrons. The van der Waals surface area contributed by atoms with E-state index in [1.54, 1.807) is 31.2 Å². The molecule has 1 aromatic heterocycles. The van der Waals surface area contributed by atoms with E-state index < -0.39 is 16.0 Å². The Morgan fingerprint density at radius 2 is 1.93 bits per heavy atom. The molecule has 0 unspecified atom stereocenters. The van der Waals surface area contributed by atoms with Gasteiger partial charge in [-0.1, -0.05) is 11.8 Å². The Morgan fingerprint density at radius 3 is 2.56 bits per heavy atom. The number of carbonyl (C=O) groups excluding carboxylic acids is 2. The molecular weight excluding hydrogens is 396 g/mol.